The molecule has 2 aromatic carbocycles. The third-order valence-corrected chi connectivity index (χ3v) is 3.46. The van der Waals surface area contributed by atoms with Crippen molar-refractivity contribution in [3.8, 4) is 5.75 Å². The van der Waals surface area contributed by atoms with Gasteiger partial charge in [0.25, 0.3) is 0 Å². The van der Waals surface area contributed by atoms with Crippen LogP contribution in [0.25, 0.3) is 10.8 Å². The summed E-state index contributed by atoms with van der Waals surface area (Å²) in [4.78, 5) is 0. The Balaban J connectivity index is 2.67. The zero-order valence-electron chi connectivity index (χ0n) is 9.38. The number of hydrogen-bond acceptors (Lipinski definition) is 2. The Hall–Kier alpha value is -1.06. The maximum absolute atomic E-state index is 5.29. The standard InChI is InChI=1S/C13H14BrNO/c1-15-8-9-4-3-5-11-10(9)6-7-12(16-2)13(11)14/h3-7,15H,8H2,1-2H3. The van der Waals surface area contributed by atoms with E-state index >= 15 is 0 Å². The van der Waals surface area contributed by atoms with Gasteiger partial charge in [0.2, 0.25) is 0 Å². The number of rotatable bonds is 3. The number of methoxy groups -OCH3 is 1. The lowest BCUT2D eigenvalue weighted by Crippen LogP contribution is -2.05. The summed E-state index contributed by atoms with van der Waals surface area (Å²) in [5.74, 6) is 0.870. The molecular weight excluding hydrogens is 266 g/mol. The van der Waals surface area contributed by atoms with Gasteiger partial charge in [-0.15, -0.1) is 0 Å². The monoisotopic (exact) mass is 279 g/mol. The van der Waals surface area contributed by atoms with E-state index in [1.807, 2.05) is 13.1 Å². The van der Waals surface area contributed by atoms with Gasteiger partial charge in [-0.1, -0.05) is 24.3 Å². The summed E-state index contributed by atoms with van der Waals surface area (Å²) in [6.45, 7) is 0.871. The average molecular weight is 280 g/mol. The Morgan fingerprint density at radius 1 is 1.19 bits per heavy atom. The highest BCUT2D eigenvalue weighted by molar-refractivity contribution is 9.10. The molecular formula is C13H14BrNO. The van der Waals surface area contributed by atoms with Crippen molar-refractivity contribution in [1.82, 2.24) is 5.32 Å². The lowest BCUT2D eigenvalue weighted by molar-refractivity contribution is 0.413. The minimum absolute atomic E-state index is 0.870. The van der Waals surface area contributed by atoms with Crippen molar-refractivity contribution in [2.75, 3.05) is 14.2 Å². The minimum Gasteiger partial charge on any atom is -0.496 e. The highest BCUT2D eigenvalue weighted by Gasteiger charge is 2.07. The summed E-state index contributed by atoms with van der Waals surface area (Å²) in [6, 6.07) is 10.4. The largest absolute Gasteiger partial charge is 0.496 e. The number of nitrogens with one attached hydrogen (secondary N) is 1. The zero-order chi connectivity index (χ0) is 11.5. The maximum Gasteiger partial charge on any atom is 0.133 e. The van der Waals surface area contributed by atoms with E-state index in [1.54, 1.807) is 7.11 Å². The van der Waals surface area contributed by atoms with Gasteiger partial charge in [-0.2, -0.15) is 0 Å². The van der Waals surface area contributed by atoms with E-state index in [0.717, 1.165) is 16.8 Å². The van der Waals surface area contributed by atoms with Crippen LogP contribution in [0.15, 0.2) is 34.8 Å². The van der Waals surface area contributed by atoms with Gasteiger partial charge >= 0.3 is 0 Å². The van der Waals surface area contributed by atoms with Gasteiger partial charge in [-0.05, 0) is 45.4 Å². The molecule has 84 valence electrons. The second-order valence-electron chi connectivity index (χ2n) is 3.62. The van der Waals surface area contributed by atoms with Crippen LogP contribution >= 0.6 is 15.9 Å². The molecule has 0 aliphatic heterocycles. The lowest BCUT2D eigenvalue weighted by Gasteiger charge is -2.10. The first-order valence-electron chi connectivity index (χ1n) is 5.16. The first-order chi connectivity index (χ1) is 7.77. The van der Waals surface area contributed by atoms with Crippen LogP contribution in [0.1, 0.15) is 5.56 Å². The first-order valence-corrected chi connectivity index (χ1v) is 5.96. The van der Waals surface area contributed by atoms with Crippen molar-refractivity contribution in [1.29, 1.82) is 0 Å². The zero-order valence-corrected chi connectivity index (χ0v) is 11.0. The predicted octanol–water partition coefficient (Wildman–Crippen LogP) is 3.33. The van der Waals surface area contributed by atoms with Gasteiger partial charge in [0.05, 0.1) is 11.6 Å². The normalized spacial score (nSPS) is 10.7. The second-order valence-corrected chi connectivity index (χ2v) is 4.42. The average Bonchev–Trinajstić information content (AvgIpc) is 2.31. The molecule has 2 nitrogen and oxygen atoms in total. The second kappa shape index (κ2) is 4.85. The van der Waals surface area contributed by atoms with Crippen molar-refractivity contribution in [2.24, 2.45) is 0 Å². The van der Waals surface area contributed by atoms with Gasteiger partial charge in [-0.25, -0.2) is 0 Å². The molecule has 0 fully saturated rings. The van der Waals surface area contributed by atoms with Crippen LogP contribution < -0.4 is 10.1 Å². The van der Waals surface area contributed by atoms with E-state index in [-0.39, 0.29) is 0 Å². The summed E-state index contributed by atoms with van der Waals surface area (Å²) in [5, 5.41) is 5.62. The van der Waals surface area contributed by atoms with E-state index in [0.29, 0.717) is 0 Å². The van der Waals surface area contributed by atoms with Gasteiger partial charge in [0.1, 0.15) is 5.75 Å². The molecule has 0 aliphatic carbocycles. The number of fused-ring (bicyclic) bond motifs is 1. The summed E-state index contributed by atoms with van der Waals surface area (Å²) in [7, 11) is 3.64. The number of benzene rings is 2. The Labute approximate surface area is 104 Å². The quantitative estimate of drug-likeness (QED) is 0.931. The first kappa shape index (κ1) is 11.4. The van der Waals surface area contributed by atoms with Gasteiger partial charge in [0.15, 0.2) is 0 Å². The fourth-order valence-electron chi connectivity index (χ4n) is 1.87. The summed E-state index contributed by atoms with van der Waals surface area (Å²) in [6.07, 6.45) is 0. The van der Waals surface area contributed by atoms with E-state index in [2.05, 4.69) is 45.5 Å². The third kappa shape index (κ3) is 1.93. The van der Waals surface area contributed by atoms with E-state index in [1.165, 1.54) is 16.3 Å². The van der Waals surface area contributed by atoms with Crippen molar-refractivity contribution >= 4 is 26.7 Å². The molecule has 3 heteroatoms. The molecule has 0 unspecified atom stereocenters. The van der Waals surface area contributed by atoms with Crippen molar-refractivity contribution in [3.63, 3.8) is 0 Å². The molecule has 0 saturated carbocycles. The summed E-state index contributed by atoms with van der Waals surface area (Å²) < 4.78 is 6.31. The number of hydrogen-bond donors (Lipinski definition) is 1. The van der Waals surface area contributed by atoms with Crippen LogP contribution in [0.4, 0.5) is 0 Å². The number of halogens is 1. The van der Waals surface area contributed by atoms with Gasteiger partial charge < -0.3 is 10.1 Å². The smallest absolute Gasteiger partial charge is 0.133 e. The molecule has 0 aliphatic rings. The molecule has 0 bridgehead atoms. The minimum atomic E-state index is 0.870. The molecule has 0 saturated heterocycles. The van der Waals surface area contributed by atoms with E-state index in [4.69, 9.17) is 4.74 Å². The molecule has 0 amide bonds. The fraction of sp³-hybridized carbons (Fsp3) is 0.231. The molecule has 1 N–H and O–H groups in total. The van der Waals surface area contributed by atoms with Crippen LogP contribution in [0.5, 0.6) is 5.75 Å². The molecule has 2 rings (SSSR count). The van der Waals surface area contributed by atoms with Gasteiger partial charge in [0, 0.05) is 6.54 Å². The van der Waals surface area contributed by atoms with Crippen LogP contribution in [-0.2, 0) is 6.54 Å². The fourth-order valence-corrected chi connectivity index (χ4v) is 2.51. The molecule has 0 aromatic heterocycles. The summed E-state index contributed by atoms with van der Waals surface area (Å²) >= 11 is 3.58. The van der Waals surface area contributed by atoms with Crippen LogP contribution in [0.2, 0.25) is 0 Å². The molecule has 16 heavy (non-hydrogen) atoms. The predicted molar refractivity (Wildman–Crippen MR) is 71.0 cm³/mol. The van der Waals surface area contributed by atoms with Crippen molar-refractivity contribution < 1.29 is 4.74 Å². The van der Waals surface area contributed by atoms with Crippen LogP contribution in [0, 0.1) is 0 Å². The molecule has 2 aromatic rings. The Bertz CT molecular complexity index is 511. The SMILES string of the molecule is CNCc1cccc2c(Br)c(OC)ccc12. The molecule has 0 radical (unpaired) electrons. The molecule has 0 heterocycles. The van der Waals surface area contributed by atoms with Crippen LogP contribution in [0.3, 0.4) is 0 Å². The Kier molecular flexibility index (Phi) is 3.46. The van der Waals surface area contributed by atoms with Crippen molar-refractivity contribution in [2.45, 2.75) is 6.54 Å². The highest BCUT2D eigenvalue weighted by Crippen LogP contribution is 2.34. The van der Waals surface area contributed by atoms with Crippen molar-refractivity contribution in [3.05, 3.63) is 40.4 Å². The highest BCUT2D eigenvalue weighted by atomic mass is 79.9. The topological polar surface area (TPSA) is 21.3 Å². The maximum atomic E-state index is 5.29. The van der Waals surface area contributed by atoms with Crippen LogP contribution in [-0.4, -0.2) is 14.2 Å². The molecule has 0 spiro atoms. The Morgan fingerprint density at radius 2 is 2.00 bits per heavy atom. The number of ether oxygens (including phenoxy) is 1. The van der Waals surface area contributed by atoms with Gasteiger partial charge in [-0.3, -0.25) is 0 Å². The lowest BCUT2D eigenvalue weighted by atomic mass is 10.0. The summed E-state index contributed by atoms with van der Waals surface area (Å²) in [5.41, 5.74) is 1.29. The third-order valence-electron chi connectivity index (χ3n) is 2.64. The Morgan fingerprint density at radius 3 is 2.69 bits per heavy atom. The van der Waals surface area contributed by atoms with E-state index in [9.17, 15) is 0 Å². The molecule has 0 atom stereocenters. The van der Waals surface area contributed by atoms with E-state index < -0.39 is 0 Å².